The zero-order valence-electron chi connectivity index (χ0n) is 33.6. The second-order valence-corrected chi connectivity index (χ2v) is 20.3. The van der Waals surface area contributed by atoms with Crippen LogP contribution < -0.4 is 0 Å². The SMILES string of the molecule is CC1CCC(C(C)C)C(OC(=O)N(CC2CCCO2)CC2(O)CCC3C45C=CC6(C=C4C(=O)Cc4c(F)cccc4Cl)CC(O)CCC6(C)C5CCC32C)C1. The van der Waals surface area contributed by atoms with E-state index in [1.54, 1.807) is 17.0 Å². The Morgan fingerprint density at radius 3 is 2.51 bits per heavy atom. The van der Waals surface area contributed by atoms with Crippen molar-refractivity contribution in [3.8, 4) is 0 Å². The summed E-state index contributed by atoms with van der Waals surface area (Å²) >= 11 is 6.51. The lowest BCUT2D eigenvalue weighted by atomic mass is 9.32. The summed E-state index contributed by atoms with van der Waals surface area (Å²) in [5, 5.41) is 24.5. The van der Waals surface area contributed by atoms with E-state index in [1.807, 2.05) is 0 Å². The van der Waals surface area contributed by atoms with Crippen molar-refractivity contribution in [1.29, 1.82) is 0 Å². The minimum absolute atomic E-state index is 0.0987. The van der Waals surface area contributed by atoms with Crippen LogP contribution in [0.15, 0.2) is 42.0 Å². The molecule has 0 radical (unpaired) electrons. The Bertz CT molecular complexity index is 1720. The quantitative estimate of drug-likeness (QED) is 0.243. The van der Waals surface area contributed by atoms with E-state index >= 15 is 4.39 Å². The number of carbonyl (C=O) groups excluding carboxylic acids is 2. The molecular weight excluding hydrogens is 717 g/mol. The lowest BCUT2D eigenvalue weighted by Crippen LogP contribution is -2.67. The Morgan fingerprint density at radius 2 is 1.78 bits per heavy atom. The van der Waals surface area contributed by atoms with Crippen LogP contribution in [0.2, 0.25) is 5.02 Å². The summed E-state index contributed by atoms with van der Waals surface area (Å²) in [7, 11) is 0. The normalized spacial score (nSPS) is 43.1. The summed E-state index contributed by atoms with van der Waals surface area (Å²) in [5.74, 6) is 0.553. The fourth-order valence-corrected chi connectivity index (χ4v) is 13.9. The number of rotatable bonds is 9. The number of ether oxygens (including phenoxy) is 2. The lowest BCUT2D eigenvalue weighted by molar-refractivity contribution is -0.179. The van der Waals surface area contributed by atoms with Gasteiger partial charge >= 0.3 is 6.09 Å². The first kappa shape index (κ1) is 39.6. The highest BCUT2D eigenvalue weighted by atomic mass is 35.5. The first-order chi connectivity index (χ1) is 26.1. The number of ketones is 1. The molecule has 9 heteroatoms. The molecule has 2 bridgehead atoms. The molecule has 7 nitrogen and oxygen atoms in total. The van der Waals surface area contributed by atoms with Crippen molar-refractivity contribution in [2.24, 2.45) is 51.2 Å². The summed E-state index contributed by atoms with van der Waals surface area (Å²) in [6.45, 7) is 12.4. The molecular formula is C46H63ClFNO6. The van der Waals surface area contributed by atoms with E-state index < -0.39 is 33.8 Å². The van der Waals surface area contributed by atoms with Gasteiger partial charge in [-0.25, -0.2) is 9.18 Å². The molecule has 9 rings (SSSR count). The molecule has 1 aromatic rings. The highest BCUT2D eigenvalue weighted by Gasteiger charge is 2.74. The van der Waals surface area contributed by atoms with Crippen molar-refractivity contribution in [3.63, 3.8) is 0 Å². The van der Waals surface area contributed by atoms with Crippen molar-refractivity contribution in [2.45, 2.75) is 142 Å². The Balaban J connectivity index is 1.15. The summed E-state index contributed by atoms with van der Waals surface area (Å²) in [6, 6.07) is 4.54. The number of benzene rings is 1. The van der Waals surface area contributed by atoms with E-state index in [1.165, 1.54) is 6.07 Å². The monoisotopic (exact) mass is 779 g/mol. The van der Waals surface area contributed by atoms with E-state index in [0.717, 1.165) is 51.4 Å². The van der Waals surface area contributed by atoms with E-state index in [9.17, 15) is 19.8 Å². The number of allylic oxidation sites excluding steroid dienone is 4. The van der Waals surface area contributed by atoms with Gasteiger partial charge in [-0.1, -0.05) is 76.9 Å². The number of aliphatic hydroxyl groups excluding tert-OH is 1. The fraction of sp³-hybridized carbons (Fsp3) is 0.739. The van der Waals surface area contributed by atoms with Gasteiger partial charge in [-0.15, -0.1) is 0 Å². The number of halogens is 2. The van der Waals surface area contributed by atoms with Gasteiger partial charge in [-0.3, -0.25) is 4.79 Å². The van der Waals surface area contributed by atoms with Crippen LogP contribution in [0.1, 0.15) is 117 Å². The van der Waals surface area contributed by atoms with E-state index in [0.29, 0.717) is 62.2 Å². The molecule has 0 aromatic heterocycles. The summed E-state index contributed by atoms with van der Waals surface area (Å²) < 4.78 is 27.8. The molecule has 5 fully saturated rings. The van der Waals surface area contributed by atoms with Gasteiger partial charge < -0.3 is 24.6 Å². The highest BCUT2D eigenvalue weighted by Crippen LogP contribution is 2.78. The smallest absolute Gasteiger partial charge is 0.410 e. The number of amides is 1. The van der Waals surface area contributed by atoms with Gasteiger partial charge in [0, 0.05) is 45.4 Å². The Morgan fingerprint density at radius 1 is 1.04 bits per heavy atom. The minimum Gasteiger partial charge on any atom is -0.446 e. The average molecular weight is 780 g/mol. The second-order valence-electron chi connectivity index (χ2n) is 19.9. The zero-order chi connectivity index (χ0) is 39.1. The molecule has 2 N–H and O–H groups in total. The van der Waals surface area contributed by atoms with Crippen molar-refractivity contribution in [1.82, 2.24) is 4.90 Å². The van der Waals surface area contributed by atoms with E-state index in [4.69, 9.17) is 21.1 Å². The molecule has 12 unspecified atom stereocenters. The van der Waals surface area contributed by atoms with E-state index in [2.05, 4.69) is 52.8 Å². The molecule has 1 aliphatic heterocycles. The maximum atomic E-state index is 15.2. The minimum atomic E-state index is -1.24. The van der Waals surface area contributed by atoms with Gasteiger partial charge in [-0.2, -0.15) is 0 Å². The number of fused-ring (bicyclic) bond motifs is 1. The molecule has 302 valence electrons. The first-order valence-electron chi connectivity index (χ1n) is 21.4. The fourth-order valence-electron chi connectivity index (χ4n) is 13.6. The Kier molecular flexibility index (Phi) is 10.2. The molecule has 1 aromatic carbocycles. The number of aliphatic hydroxyl groups is 2. The van der Waals surface area contributed by atoms with Gasteiger partial charge in [0.05, 0.1) is 30.9 Å². The molecule has 2 spiro atoms. The van der Waals surface area contributed by atoms with Crippen LogP contribution in [-0.2, 0) is 20.7 Å². The van der Waals surface area contributed by atoms with Crippen molar-refractivity contribution in [3.05, 3.63) is 58.4 Å². The van der Waals surface area contributed by atoms with Crippen molar-refractivity contribution in [2.75, 3.05) is 19.7 Å². The third-order valence-electron chi connectivity index (χ3n) is 16.8. The molecule has 1 saturated heterocycles. The molecule has 8 aliphatic rings. The van der Waals surface area contributed by atoms with Crippen LogP contribution in [0, 0.1) is 57.1 Å². The third-order valence-corrected chi connectivity index (χ3v) is 17.1. The van der Waals surface area contributed by atoms with Crippen LogP contribution in [0.4, 0.5) is 9.18 Å². The topological polar surface area (TPSA) is 96.3 Å². The molecule has 55 heavy (non-hydrogen) atoms. The van der Waals surface area contributed by atoms with Crippen molar-refractivity contribution >= 4 is 23.5 Å². The lowest BCUT2D eigenvalue weighted by Gasteiger charge is -2.71. The van der Waals surface area contributed by atoms with Crippen LogP contribution in [0.3, 0.4) is 0 Å². The predicted molar refractivity (Wildman–Crippen MR) is 211 cm³/mol. The van der Waals surface area contributed by atoms with Crippen molar-refractivity contribution < 1.29 is 33.7 Å². The Hall–Kier alpha value is -2.26. The molecule has 1 heterocycles. The molecule has 12 atom stereocenters. The number of Topliss-reactive ketones (excluding diaryl/α,β-unsaturated/α-hetero) is 1. The first-order valence-corrected chi connectivity index (χ1v) is 21.8. The number of carbonyl (C=O) groups is 2. The largest absolute Gasteiger partial charge is 0.446 e. The highest BCUT2D eigenvalue weighted by molar-refractivity contribution is 6.31. The van der Waals surface area contributed by atoms with Crippen LogP contribution in [-0.4, -0.2) is 70.6 Å². The summed E-state index contributed by atoms with van der Waals surface area (Å²) in [4.78, 5) is 31.0. The average Bonchev–Trinajstić information content (AvgIpc) is 3.74. The van der Waals surface area contributed by atoms with Crippen LogP contribution in [0.25, 0.3) is 0 Å². The maximum absolute atomic E-state index is 15.2. The van der Waals surface area contributed by atoms with Crippen LogP contribution >= 0.6 is 11.6 Å². The molecule has 1 amide bonds. The number of nitrogens with zero attached hydrogens (tertiary/aromatic N) is 1. The predicted octanol–water partition coefficient (Wildman–Crippen LogP) is 9.26. The number of hydrogen-bond donors (Lipinski definition) is 2. The van der Waals surface area contributed by atoms with E-state index in [-0.39, 0.29) is 64.9 Å². The van der Waals surface area contributed by atoms with Gasteiger partial charge in [0.1, 0.15) is 11.9 Å². The van der Waals surface area contributed by atoms with Gasteiger partial charge in [0.25, 0.3) is 0 Å². The summed E-state index contributed by atoms with van der Waals surface area (Å²) in [6.07, 6.45) is 15.1. The number of hydrogen-bond acceptors (Lipinski definition) is 6. The van der Waals surface area contributed by atoms with Gasteiger partial charge in [0.2, 0.25) is 0 Å². The third kappa shape index (κ3) is 6.20. The zero-order valence-corrected chi connectivity index (χ0v) is 34.4. The Labute approximate surface area is 332 Å². The van der Waals surface area contributed by atoms with Crippen LogP contribution in [0.5, 0.6) is 0 Å². The second kappa shape index (κ2) is 14.2. The molecule has 7 aliphatic carbocycles. The standard InChI is InChI=1S/C46H63ClFNO6/c1-28(2)32-12-11-29(3)22-38(32)55-41(52)49(26-31-8-7-21-54-31)27-45(53)18-15-40-43(45,5)17-14-39-42(4)16-13-30(50)24-44(42)19-20-46(39,40)34(25-44)37(51)23-33-35(47)9-6-10-36(33)48/h6,9-10,19-20,25,28-32,38-40,50,53H,7-8,11-18,21-24,26-27H2,1-5H3. The molecule has 4 saturated carbocycles. The maximum Gasteiger partial charge on any atom is 0.410 e. The summed E-state index contributed by atoms with van der Waals surface area (Å²) in [5.41, 5.74) is -2.35. The van der Waals surface area contributed by atoms with Gasteiger partial charge in [-0.05, 0) is 118 Å². The van der Waals surface area contributed by atoms with Gasteiger partial charge in [0.15, 0.2) is 5.78 Å².